The molecule has 1 aromatic heterocycles. The minimum atomic E-state index is -0.171. The number of anilines is 1. The van der Waals surface area contributed by atoms with Crippen molar-refractivity contribution in [2.75, 3.05) is 5.32 Å². The lowest BCUT2D eigenvalue weighted by atomic mass is 10.1. The number of fused-ring (bicyclic) bond motifs is 1. The molecule has 0 spiro atoms. The number of pyridine rings is 1. The number of thioether (sulfide) groups is 1. The summed E-state index contributed by atoms with van der Waals surface area (Å²) in [7, 11) is 0. The highest BCUT2D eigenvalue weighted by atomic mass is 32.2. The molecule has 0 aliphatic carbocycles. The van der Waals surface area contributed by atoms with Gasteiger partial charge in [0.15, 0.2) is 0 Å². The topological polar surface area (TPSA) is 42.0 Å². The van der Waals surface area contributed by atoms with Crippen LogP contribution in [-0.2, 0) is 4.79 Å². The first kappa shape index (κ1) is 17.5. The van der Waals surface area contributed by atoms with Crippen molar-refractivity contribution in [2.24, 2.45) is 0 Å². The van der Waals surface area contributed by atoms with E-state index in [1.54, 1.807) is 0 Å². The standard InChI is InChI=1S/C21H22N2OS/c1-4-19(21(24)22-17-11-9-14(2)15(3)13-17)25-20-12-10-16-7-5-6-8-18(16)23-20/h5-13,19H,4H2,1-3H3,(H,22,24). The van der Waals surface area contributed by atoms with Gasteiger partial charge in [0.2, 0.25) is 5.91 Å². The van der Waals surface area contributed by atoms with Crippen LogP contribution in [0.3, 0.4) is 0 Å². The number of para-hydroxylation sites is 1. The van der Waals surface area contributed by atoms with Gasteiger partial charge in [0.25, 0.3) is 0 Å². The van der Waals surface area contributed by atoms with Gasteiger partial charge in [-0.25, -0.2) is 4.98 Å². The van der Waals surface area contributed by atoms with Crippen molar-refractivity contribution in [2.45, 2.75) is 37.5 Å². The molecule has 0 fully saturated rings. The molecule has 2 aromatic carbocycles. The minimum Gasteiger partial charge on any atom is -0.325 e. The molecule has 3 aromatic rings. The Balaban J connectivity index is 1.73. The van der Waals surface area contributed by atoms with E-state index in [0.717, 1.165) is 28.0 Å². The number of hydrogen-bond donors (Lipinski definition) is 1. The Hall–Kier alpha value is -2.33. The smallest absolute Gasteiger partial charge is 0.237 e. The fourth-order valence-electron chi connectivity index (χ4n) is 2.62. The van der Waals surface area contributed by atoms with Gasteiger partial charge in [-0.05, 0) is 55.7 Å². The van der Waals surface area contributed by atoms with E-state index in [1.165, 1.54) is 22.9 Å². The second-order valence-corrected chi connectivity index (χ2v) is 7.37. The van der Waals surface area contributed by atoms with Gasteiger partial charge in [0.1, 0.15) is 0 Å². The van der Waals surface area contributed by atoms with E-state index in [0.29, 0.717) is 0 Å². The van der Waals surface area contributed by atoms with Gasteiger partial charge >= 0.3 is 0 Å². The Bertz CT molecular complexity index is 907. The van der Waals surface area contributed by atoms with E-state index in [1.807, 2.05) is 55.5 Å². The van der Waals surface area contributed by atoms with Crippen LogP contribution in [0, 0.1) is 13.8 Å². The summed E-state index contributed by atoms with van der Waals surface area (Å²) in [6.07, 6.45) is 0.746. The number of carbonyl (C=O) groups is 1. The summed E-state index contributed by atoms with van der Waals surface area (Å²) in [5.74, 6) is 0.0192. The first-order valence-corrected chi connectivity index (χ1v) is 9.35. The van der Waals surface area contributed by atoms with E-state index < -0.39 is 0 Å². The van der Waals surface area contributed by atoms with Crippen molar-refractivity contribution < 1.29 is 4.79 Å². The molecule has 4 heteroatoms. The van der Waals surface area contributed by atoms with Gasteiger partial charge in [-0.2, -0.15) is 0 Å². The van der Waals surface area contributed by atoms with Crippen molar-refractivity contribution in [3.8, 4) is 0 Å². The summed E-state index contributed by atoms with van der Waals surface area (Å²) in [4.78, 5) is 17.3. The zero-order chi connectivity index (χ0) is 17.8. The Labute approximate surface area is 152 Å². The van der Waals surface area contributed by atoms with Crippen molar-refractivity contribution in [1.29, 1.82) is 0 Å². The zero-order valence-corrected chi connectivity index (χ0v) is 15.6. The third kappa shape index (κ3) is 4.20. The lowest BCUT2D eigenvalue weighted by Gasteiger charge is -2.15. The summed E-state index contributed by atoms with van der Waals surface area (Å²) >= 11 is 1.52. The molecule has 3 rings (SSSR count). The molecule has 0 aliphatic heterocycles. The lowest BCUT2D eigenvalue weighted by Crippen LogP contribution is -2.24. The number of hydrogen-bond acceptors (Lipinski definition) is 3. The number of carbonyl (C=O) groups excluding carboxylic acids is 1. The van der Waals surface area contributed by atoms with E-state index in [-0.39, 0.29) is 11.2 Å². The SMILES string of the molecule is CCC(Sc1ccc2ccccc2n1)C(=O)Nc1ccc(C)c(C)c1. The van der Waals surface area contributed by atoms with Crippen LogP contribution >= 0.6 is 11.8 Å². The van der Waals surface area contributed by atoms with Crippen LogP contribution in [0.4, 0.5) is 5.69 Å². The maximum atomic E-state index is 12.6. The zero-order valence-electron chi connectivity index (χ0n) is 14.7. The number of amides is 1. The number of aryl methyl sites for hydroxylation is 2. The van der Waals surface area contributed by atoms with Gasteiger partial charge in [0, 0.05) is 11.1 Å². The largest absolute Gasteiger partial charge is 0.325 e. The van der Waals surface area contributed by atoms with Crippen LogP contribution in [0.25, 0.3) is 10.9 Å². The molecule has 1 N–H and O–H groups in total. The fourth-order valence-corrected chi connectivity index (χ4v) is 3.54. The van der Waals surface area contributed by atoms with Gasteiger partial charge in [-0.3, -0.25) is 4.79 Å². The highest BCUT2D eigenvalue weighted by Gasteiger charge is 2.19. The maximum Gasteiger partial charge on any atom is 0.237 e. The first-order valence-electron chi connectivity index (χ1n) is 8.47. The molecule has 0 aliphatic rings. The minimum absolute atomic E-state index is 0.0192. The molecule has 0 bridgehead atoms. The number of benzene rings is 2. The highest BCUT2D eigenvalue weighted by molar-refractivity contribution is 8.00. The third-order valence-corrected chi connectivity index (χ3v) is 5.57. The molecule has 1 atom stereocenters. The highest BCUT2D eigenvalue weighted by Crippen LogP contribution is 2.27. The van der Waals surface area contributed by atoms with E-state index >= 15 is 0 Å². The summed E-state index contributed by atoms with van der Waals surface area (Å²) < 4.78 is 0. The van der Waals surface area contributed by atoms with Crippen LogP contribution in [0.2, 0.25) is 0 Å². The van der Waals surface area contributed by atoms with Gasteiger partial charge in [0.05, 0.1) is 15.8 Å². The Morgan fingerprint density at radius 1 is 1.08 bits per heavy atom. The van der Waals surface area contributed by atoms with Gasteiger partial charge in [-0.15, -0.1) is 0 Å². The molecular formula is C21H22N2OS. The van der Waals surface area contributed by atoms with Crippen LogP contribution in [0.1, 0.15) is 24.5 Å². The summed E-state index contributed by atoms with van der Waals surface area (Å²) in [6.45, 7) is 6.14. The fraction of sp³-hybridized carbons (Fsp3) is 0.238. The monoisotopic (exact) mass is 350 g/mol. The first-order chi connectivity index (χ1) is 12.1. The average Bonchev–Trinajstić information content (AvgIpc) is 2.62. The normalized spacial score (nSPS) is 12.1. The van der Waals surface area contributed by atoms with Crippen molar-refractivity contribution in [3.05, 3.63) is 65.7 Å². The average molecular weight is 350 g/mol. The molecule has 1 heterocycles. The molecule has 0 saturated heterocycles. The third-order valence-electron chi connectivity index (χ3n) is 4.27. The Kier molecular flexibility index (Phi) is 5.39. The predicted molar refractivity (Wildman–Crippen MR) is 106 cm³/mol. The lowest BCUT2D eigenvalue weighted by molar-refractivity contribution is -0.115. The van der Waals surface area contributed by atoms with E-state index in [4.69, 9.17) is 0 Å². The van der Waals surface area contributed by atoms with Crippen molar-refractivity contribution in [3.63, 3.8) is 0 Å². The number of nitrogens with one attached hydrogen (secondary N) is 1. The molecule has 0 saturated carbocycles. The van der Waals surface area contributed by atoms with Gasteiger partial charge in [-0.1, -0.05) is 49.0 Å². The van der Waals surface area contributed by atoms with Gasteiger partial charge < -0.3 is 5.32 Å². The van der Waals surface area contributed by atoms with Crippen LogP contribution in [-0.4, -0.2) is 16.1 Å². The second-order valence-electron chi connectivity index (χ2n) is 6.15. The number of nitrogens with zero attached hydrogens (tertiary/aromatic N) is 1. The molecule has 0 radical (unpaired) electrons. The Morgan fingerprint density at radius 2 is 1.88 bits per heavy atom. The summed E-state index contributed by atoms with van der Waals surface area (Å²) in [6, 6.07) is 18.1. The van der Waals surface area contributed by atoms with Crippen LogP contribution in [0.15, 0.2) is 59.6 Å². The maximum absolute atomic E-state index is 12.6. The second kappa shape index (κ2) is 7.70. The number of aromatic nitrogens is 1. The predicted octanol–water partition coefficient (Wildman–Crippen LogP) is 5.36. The summed E-state index contributed by atoms with van der Waals surface area (Å²) in [5, 5.41) is 4.85. The van der Waals surface area contributed by atoms with E-state index in [2.05, 4.69) is 30.2 Å². The molecule has 128 valence electrons. The van der Waals surface area contributed by atoms with Crippen LogP contribution in [0.5, 0.6) is 0 Å². The number of rotatable bonds is 5. The van der Waals surface area contributed by atoms with Crippen molar-refractivity contribution in [1.82, 2.24) is 4.98 Å². The Morgan fingerprint density at radius 3 is 2.64 bits per heavy atom. The van der Waals surface area contributed by atoms with Crippen molar-refractivity contribution >= 4 is 34.3 Å². The molecule has 3 nitrogen and oxygen atoms in total. The molecular weight excluding hydrogens is 328 g/mol. The molecule has 1 amide bonds. The van der Waals surface area contributed by atoms with Crippen LogP contribution < -0.4 is 5.32 Å². The summed E-state index contributed by atoms with van der Waals surface area (Å²) in [5.41, 5.74) is 4.20. The molecule has 1 unspecified atom stereocenters. The quantitative estimate of drug-likeness (QED) is 0.630. The van der Waals surface area contributed by atoms with E-state index in [9.17, 15) is 4.79 Å². The molecule has 25 heavy (non-hydrogen) atoms.